The third kappa shape index (κ3) is 5.36. The van der Waals surface area contributed by atoms with Crippen LogP contribution in [0.4, 0.5) is 0 Å². The van der Waals surface area contributed by atoms with E-state index < -0.39 is 41.2 Å². The minimum Gasteiger partial charge on any atom is -0.458 e. The van der Waals surface area contributed by atoms with Gasteiger partial charge in [0.2, 0.25) is 0 Å². The van der Waals surface area contributed by atoms with E-state index in [1.54, 1.807) is 13.0 Å². The second kappa shape index (κ2) is 12.4. The Morgan fingerprint density at radius 2 is 1.89 bits per heavy atom. The predicted molar refractivity (Wildman–Crippen MR) is 172 cm³/mol. The van der Waals surface area contributed by atoms with Crippen LogP contribution in [0.1, 0.15) is 110 Å². The molecule has 4 N–H and O–H groups in total. The Morgan fingerprint density at radius 3 is 2.63 bits per heavy atom. The minimum atomic E-state index is -1.04. The Hall–Kier alpha value is -1.62. The van der Waals surface area contributed by atoms with Crippen LogP contribution in [0, 0.1) is 28.6 Å². The molecule has 2 heterocycles. The number of carbonyl (C=O) groups is 1. The van der Waals surface area contributed by atoms with Crippen LogP contribution in [0.2, 0.25) is 0 Å². The van der Waals surface area contributed by atoms with Gasteiger partial charge in [-0.05, 0) is 114 Å². The Bertz CT molecular complexity index is 1250. The second-order valence-corrected chi connectivity index (χ2v) is 16.1. The van der Waals surface area contributed by atoms with Crippen LogP contribution in [0.5, 0.6) is 0 Å². The number of rotatable bonds is 7. The maximum absolute atomic E-state index is 12.8. The first kappa shape index (κ1) is 32.9. The van der Waals surface area contributed by atoms with E-state index >= 15 is 0 Å². The molecule has 2 aliphatic heterocycles. The summed E-state index contributed by atoms with van der Waals surface area (Å²) in [6, 6.07) is 0. The average molecular weight is 642 g/mol. The molecule has 1 saturated heterocycles. The molecule has 5 aliphatic carbocycles. The Morgan fingerprint density at radius 1 is 1.07 bits per heavy atom. The standard InChI is InChI=1S/C37H55NO8/c1-23-33(41)30(39)19-32(45-23)46-26-8-14-35(22-38-17-12-24-6-4-3-5-7-24)28-9-13-34(2)27(25-18-31(40)44-21-25)11-16-37(34,43)29(28)10-15-36(35,42)20-26/h6,18,22-23,26-30,32-33,39,41-43H,3-5,7-17,19-21H2,1-2H3/t23-,26+,27-,28-,29+,30+,32+,33-,34+,35-,36-,37-/m0/s1. The van der Waals surface area contributed by atoms with Crippen molar-refractivity contribution >= 4 is 12.2 Å². The number of ether oxygens (including phenoxy) is 3. The smallest absolute Gasteiger partial charge is 0.331 e. The number of hydrogen-bond donors (Lipinski definition) is 4. The van der Waals surface area contributed by atoms with Crippen molar-refractivity contribution in [1.82, 2.24) is 0 Å². The highest BCUT2D eigenvalue weighted by Crippen LogP contribution is 2.70. The fourth-order valence-electron chi connectivity index (χ4n) is 11.4. The first-order chi connectivity index (χ1) is 22.0. The maximum atomic E-state index is 12.8. The highest BCUT2D eigenvalue weighted by molar-refractivity contribution is 5.85. The minimum absolute atomic E-state index is 0.0271. The van der Waals surface area contributed by atoms with Crippen molar-refractivity contribution in [3.05, 3.63) is 23.3 Å². The topological polar surface area (TPSA) is 138 Å². The lowest BCUT2D eigenvalue weighted by Crippen LogP contribution is -2.69. The molecule has 4 saturated carbocycles. The summed E-state index contributed by atoms with van der Waals surface area (Å²) in [6.07, 6.45) is 15.3. The first-order valence-corrected chi connectivity index (χ1v) is 18.2. The zero-order valence-electron chi connectivity index (χ0n) is 27.7. The lowest BCUT2D eigenvalue weighted by Gasteiger charge is -2.66. The van der Waals surface area contributed by atoms with Crippen LogP contribution in [-0.4, -0.2) is 87.7 Å². The van der Waals surface area contributed by atoms with Gasteiger partial charge in [0.25, 0.3) is 0 Å². The third-order valence-corrected chi connectivity index (χ3v) is 13.9. The molecule has 0 radical (unpaired) electrons. The quantitative estimate of drug-likeness (QED) is 0.138. The van der Waals surface area contributed by atoms with E-state index in [1.165, 1.54) is 18.4 Å². The van der Waals surface area contributed by atoms with E-state index in [2.05, 4.69) is 19.2 Å². The number of carbonyl (C=O) groups excluding carboxylic acids is 1. The van der Waals surface area contributed by atoms with Gasteiger partial charge in [-0.3, -0.25) is 4.99 Å². The van der Waals surface area contributed by atoms with E-state index in [1.807, 2.05) is 0 Å². The average Bonchev–Trinajstić information content (AvgIpc) is 3.58. The molecule has 0 spiro atoms. The van der Waals surface area contributed by atoms with Gasteiger partial charge in [-0.25, -0.2) is 4.79 Å². The van der Waals surface area contributed by atoms with Crippen LogP contribution >= 0.6 is 0 Å². The molecule has 12 atom stereocenters. The van der Waals surface area contributed by atoms with E-state index in [0.717, 1.165) is 56.9 Å². The molecule has 9 heteroatoms. The summed E-state index contributed by atoms with van der Waals surface area (Å²) >= 11 is 0. The predicted octanol–water partition coefficient (Wildman–Crippen LogP) is 4.54. The monoisotopic (exact) mass is 641 g/mol. The number of hydrogen-bond acceptors (Lipinski definition) is 9. The maximum Gasteiger partial charge on any atom is 0.331 e. The number of aliphatic imine (C=N–C) groups is 1. The van der Waals surface area contributed by atoms with Crippen molar-refractivity contribution < 1.29 is 39.4 Å². The Kier molecular flexibility index (Phi) is 8.84. The van der Waals surface area contributed by atoms with Gasteiger partial charge in [0.15, 0.2) is 6.29 Å². The van der Waals surface area contributed by atoms with Crippen molar-refractivity contribution in [1.29, 1.82) is 0 Å². The second-order valence-electron chi connectivity index (χ2n) is 16.1. The van der Waals surface area contributed by atoms with Gasteiger partial charge in [-0.15, -0.1) is 0 Å². The largest absolute Gasteiger partial charge is 0.458 e. The number of esters is 1. The van der Waals surface area contributed by atoms with Gasteiger partial charge in [-0.1, -0.05) is 18.6 Å². The molecular weight excluding hydrogens is 586 g/mol. The number of aliphatic hydroxyl groups is 4. The third-order valence-electron chi connectivity index (χ3n) is 13.9. The van der Waals surface area contributed by atoms with Crippen molar-refractivity contribution in [3.8, 4) is 0 Å². The number of aliphatic hydroxyl groups excluding tert-OH is 2. The molecule has 0 aromatic carbocycles. The van der Waals surface area contributed by atoms with Crippen molar-refractivity contribution in [2.45, 2.75) is 152 Å². The van der Waals surface area contributed by atoms with Crippen LogP contribution in [0.15, 0.2) is 28.3 Å². The zero-order valence-corrected chi connectivity index (χ0v) is 27.7. The molecule has 0 bridgehead atoms. The van der Waals surface area contributed by atoms with Crippen molar-refractivity contribution in [3.63, 3.8) is 0 Å². The lowest BCUT2D eigenvalue weighted by atomic mass is 9.41. The molecular formula is C37H55NO8. The van der Waals surface area contributed by atoms with Gasteiger partial charge >= 0.3 is 5.97 Å². The fraction of sp³-hybridized carbons (Fsp3) is 0.838. The normalized spacial score (nSPS) is 49.1. The van der Waals surface area contributed by atoms with Crippen LogP contribution in [0.3, 0.4) is 0 Å². The molecule has 0 amide bonds. The van der Waals surface area contributed by atoms with Crippen molar-refractivity contribution in [2.75, 3.05) is 13.2 Å². The number of cyclic esters (lactones) is 1. The highest BCUT2D eigenvalue weighted by atomic mass is 16.7. The summed E-state index contributed by atoms with van der Waals surface area (Å²) in [6.45, 7) is 5.01. The first-order valence-electron chi connectivity index (χ1n) is 18.2. The molecule has 46 heavy (non-hydrogen) atoms. The fourth-order valence-corrected chi connectivity index (χ4v) is 11.4. The highest BCUT2D eigenvalue weighted by Gasteiger charge is 2.71. The molecule has 7 aliphatic rings. The van der Waals surface area contributed by atoms with Crippen LogP contribution in [0.25, 0.3) is 0 Å². The summed E-state index contributed by atoms with van der Waals surface area (Å²) in [5.74, 6) is -0.0448. The molecule has 7 rings (SSSR count). The van der Waals surface area contributed by atoms with E-state index in [0.29, 0.717) is 38.8 Å². The Balaban J connectivity index is 1.15. The summed E-state index contributed by atoms with van der Waals surface area (Å²) in [5.41, 5.74) is -0.341. The lowest BCUT2D eigenvalue weighted by molar-refractivity contribution is -0.282. The number of fused-ring (bicyclic) bond motifs is 5. The van der Waals surface area contributed by atoms with Crippen LogP contribution in [-0.2, 0) is 19.0 Å². The van der Waals surface area contributed by atoms with Gasteiger partial charge in [0.1, 0.15) is 12.7 Å². The Labute approximate surface area is 273 Å². The summed E-state index contributed by atoms with van der Waals surface area (Å²) in [4.78, 5) is 17.1. The molecule has 9 nitrogen and oxygen atoms in total. The number of allylic oxidation sites excluding steroid dienone is 1. The summed E-state index contributed by atoms with van der Waals surface area (Å²) in [5, 5.41) is 46.0. The molecule has 0 aromatic heterocycles. The van der Waals surface area contributed by atoms with E-state index in [-0.39, 0.29) is 41.7 Å². The number of nitrogens with zero attached hydrogens (tertiary/aromatic N) is 1. The summed E-state index contributed by atoms with van der Waals surface area (Å²) in [7, 11) is 0. The van der Waals surface area contributed by atoms with E-state index in [4.69, 9.17) is 19.2 Å². The van der Waals surface area contributed by atoms with Crippen LogP contribution < -0.4 is 0 Å². The zero-order chi connectivity index (χ0) is 32.3. The molecule has 0 unspecified atom stereocenters. The SMILES string of the molecule is C[C@@H]1O[C@H](O[C@@H]2CC[C@]3(C=NCCC4=CCCCC4)[C@H]4CC[C@]5(C)[C@H](C6=CC(=O)OC6)CC[C@]5(O)[C@@H]4CC[C@]3(O)C2)C[C@@H](O)[C@H]1O. The van der Waals surface area contributed by atoms with E-state index in [9.17, 15) is 25.2 Å². The van der Waals surface area contributed by atoms with Crippen molar-refractivity contribution in [2.24, 2.45) is 33.6 Å². The van der Waals surface area contributed by atoms with Gasteiger partial charge in [0.05, 0.1) is 29.5 Å². The van der Waals surface area contributed by atoms with Gasteiger partial charge in [0, 0.05) is 42.5 Å². The molecule has 0 aromatic rings. The van der Waals surface area contributed by atoms with Gasteiger partial charge in [-0.2, -0.15) is 0 Å². The molecule has 5 fully saturated rings. The summed E-state index contributed by atoms with van der Waals surface area (Å²) < 4.78 is 17.6. The van der Waals surface area contributed by atoms with Gasteiger partial charge < -0.3 is 34.6 Å². The molecule has 256 valence electrons.